The van der Waals surface area contributed by atoms with E-state index in [1.165, 1.54) is 24.5 Å². The van der Waals surface area contributed by atoms with E-state index in [9.17, 15) is 9.59 Å². The third-order valence-corrected chi connectivity index (χ3v) is 5.74. The van der Waals surface area contributed by atoms with Crippen LogP contribution < -0.4 is 5.32 Å². The van der Waals surface area contributed by atoms with E-state index in [2.05, 4.69) is 40.3 Å². The van der Waals surface area contributed by atoms with Crippen LogP contribution >= 0.6 is 0 Å². The molecular formula is C23H26N4O2. The zero-order valence-corrected chi connectivity index (χ0v) is 16.6. The largest absolute Gasteiger partial charge is 0.335 e. The fraction of sp³-hybridized carbons (Fsp3) is 0.348. The van der Waals surface area contributed by atoms with Gasteiger partial charge in [-0.15, -0.1) is 0 Å². The summed E-state index contributed by atoms with van der Waals surface area (Å²) in [5, 5.41) is 10.1. The van der Waals surface area contributed by atoms with Gasteiger partial charge in [-0.25, -0.2) is 0 Å². The molecule has 1 atom stereocenters. The summed E-state index contributed by atoms with van der Waals surface area (Å²) in [5.74, 6) is 0.797. The summed E-state index contributed by atoms with van der Waals surface area (Å²) < 4.78 is 0. The van der Waals surface area contributed by atoms with Crippen molar-refractivity contribution in [2.24, 2.45) is 0 Å². The molecule has 4 rings (SSSR count). The lowest BCUT2D eigenvalue weighted by Gasteiger charge is -2.25. The third-order valence-electron chi connectivity index (χ3n) is 5.74. The number of benzene rings is 1. The number of nitrogens with zero attached hydrogens (tertiary/aromatic N) is 2. The molecule has 1 aromatic carbocycles. The monoisotopic (exact) mass is 390 g/mol. The summed E-state index contributed by atoms with van der Waals surface area (Å²) in [4.78, 5) is 26.1. The third kappa shape index (κ3) is 4.31. The van der Waals surface area contributed by atoms with Crippen molar-refractivity contribution in [2.75, 3.05) is 18.4 Å². The van der Waals surface area contributed by atoms with Crippen LogP contribution in [0.2, 0.25) is 0 Å². The zero-order chi connectivity index (χ0) is 20.4. The maximum Gasteiger partial charge on any atom is 0.246 e. The second kappa shape index (κ2) is 8.07. The number of carbonyl (C=O) groups is 2. The van der Waals surface area contributed by atoms with E-state index < -0.39 is 0 Å². The molecule has 0 bridgehead atoms. The van der Waals surface area contributed by atoms with Crippen LogP contribution in [0.4, 0.5) is 5.82 Å². The highest BCUT2D eigenvalue weighted by atomic mass is 16.2. The molecule has 1 aliphatic heterocycles. The molecule has 29 heavy (non-hydrogen) atoms. The van der Waals surface area contributed by atoms with Gasteiger partial charge in [-0.3, -0.25) is 14.7 Å². The van der Waals surface area contributed by atoms with Gasteiger partial charge in [-0.2, -0.15) is 5.10 Å². The Morgan fingerprint density at radius 2 is 2.07 bits per heavy atom. The molecule has 2 N–H and O–H groups in total. The normalized spacial score (nSPS) is 17.4. The fourth-order valence-electron chi connectivity index (χ4n) is 3.64. The van der Waals surface area contributed by atoms with Crippen LogP contribution in [0.1, 0.15) is 54.8 Å². The first-order valence-corrected chi connectivity index (χ1v) is 10.1. The Kier molecular flexibility index (Phi) is 5.34. The SMILES string of the molecule is C=CC(=O)N1CC=C(c2ccc(C(C)C(=O)Nc3cc(C4CC4)[nH]n3)cc2)CC1. The molecule has 0 saturated heterocycles. The van der Waals surface area contributed by atoms with Gasteiger partial charge >= 0.3 is 0 Å². The summed E-state index contributed by atoms with van der Waals surface area (Å²) >= 11 is 0. The summed E-state index contributed by atoms with van der Waals surface area (Å²) in [6.07, 6.45) is 6.65. The summed E-state index contributed by atoms with van der Waals surface area (Å²) in [7, 11) is 0. The second-order valence-electron chi connectivity index (χ2n) is 7.78. The van der Waals surface area contributed by atoms with Gasteiger partial charge in [0.25, 0.3) is 0 Å². The quantitative estimate of drug-likeness (QED) is 0.736. The number of aromatic amines is 1. The van der Waals surface area contributed by atoms with Crippen LogP contribution in [0.5, 0.6) is 0 Å². The van der Waals surface area contributed by atoms with Gasteiger partial charge in [-0.1, -0.05) is 36.9 Å². The van der Waals surface area contributed by atoms with Crippen LogP contribution in [-0.2, 0) is 9.59 Å². The van der Waals surface area contributed by atoms with Crippen molar-refractivity contribution < 1.29 is 9.59 Å². The highest BCUT2D eigenvalue weighted by Crippen LogP contribution is 2.39. The molecular weight excluding hydrogens is 364 g/mol. The molecule has 1 unspecified atom stereocenters. The standard InChI is InChI=1S/C23H26N4O2/c1-3-22(28)27-12-10-18(11-13-27)17-6-4-16(5-7-17)15(2)23(29)24-21-14-20(25-26-21)19-8-9-19/h3-7,10,14-15,19H,1,8-9,11-13H2,2H3,(H2,24,25,26,29). The Bertz CT molecular complexity index is 954. The number of carbonyl (C=O) groups excluding carboxylic acids is 2. The minimum atomic E-state index is -0.272. The average molecular weight is 390 g/mol. The van der Waals surface area contributed by atoms with Crippen molar-refractivity contribution >= 4 is 23.2 Å². The molecule has 1 aliphatic carbocycles. The molecule has 2 heterocycles. The van der Waals surface area contributed by atoms with Crippen molar-refractivity contribution in [3.05, 3.63) is 65.9 Å². The molecule has 1 saturated carbocycles. The Morgan fingerprint density at radius 3 is 2.69 bits per heavy atom. The van der Waals surface area contributed by atoms with Crippen LogP contribution in [-0.4, -0.2) is 40.0 Å². The van der Waals surface area contributed by atoms with Gasteiger partial charge in [0.05, 0.1) is 5.92 Å². The maximum atomic E-state index is 12.6. The van der Waals surface area contributed by atoms with Gasteiger partial charge in [-0.05, 0) is 49.0 Å². The number of hydrogen-bond acceptors (Lipinski definition) is 3. The predicted molar refractivity (Wildman–Crippen MR) is 113 cm³/mol. The minimum Gasteiger partial charge on any atom is -0.335 e. The number of aromatic nitrogens is 2. The van der Waals surface area contributed by atoms with Crippen molar-refractivity contribution in [1.82, 2.24) is 15.1 Å². The molecule has 2 aliphatic rings. The highest BCUT2D eigenvalue weighted by Gasteiger charge is 2.26. The molecule has 2 amide bonds. The van der Waals surface area contributed by atoms with Gasteiger partial charge < -0.3 is 10.2 Å². The lowest BCUT2D eigenvalue weighted by Crippen LogP contribution is -2.33. The van der Waals surface area contributed by atoms with Crippen LogP contribution in [0.15, 0.2) is 49.1 Å². The summed E-state index contributed by atoms with van der Waals surface area (Å²) in [6.45, 7) is 6.74. The van der Waals surface area contributed by atoms with E-state index >= 15 is 0 Å². The number of nitrogens with one attached hydrogen (secondary N) is 2. The Balaban J connectivity index is 1.37. The summed E-state index contributed by atoms with van der Waals surface area (Å²) in [5.41, 5.74) is 4.43. The Morgan fingerprint density at radius 1 is 1.31 bits per heavy atom. The molecule has 0 spiro atoms. The molecule has 1 fully saturated rings. The highest BCUT2D eigenvalue weighted by molar-refractivity contribution is 5.95. The van der Waals surface area contributed by atoms with Gasteiger partial charge in [0.15, 0.2) is 5.82 Å². The smallest absolute Gasteiger partial charge is 0.246 e. The van der Waals surface area contributed by atoms with E-state index in [-0.39, 0.29) is 17.7 Å². The van der Waals surface area contributed by atoms with Gasteiger partial charge in [0, 0.05) is 30.8 Å². The first-order valence-electron chi connectivity index (χ1n) is 10.1. The number of H-pyrrole nitrogens is 1. The molecule has 2 aromatic rings. The van der Waals surface area contributed by atoms with Crippen molar-refractivity contribution in [2.45, 2.75) is 38.0 Å². The summed E-state index contributed by atoms with van der Waals surface area (Å²) in [6, 6.07) is 10.0. The average Bonchev–Trinajstić information content (AvgIpc) is 3.52. The lowest BCUT2D eigenvalue weighted by atomic mass is 9.94. The first-order chi connectivity index (χ1) is 14.0. The molecule has 6 nitrogen and oxygen atoms in total. The maximum absolute atomic E-state index is 12.6. The van der Waals surface area contributed by atoms with E-state index in [0.717, 1.165) is 23.2 Å². The van der Waals surface area contributed by atoms with E-state index in [4.69, 9.17) is 0 Å². The second-order valence-corrected chi connectivity index (χ2v) is 7.78. The molecule has 0 radical (unpaired) electrons. The topological polar surface area (TPSA) is 78.1 Å². The van der Waals surface area contributed by atoms with Crippen LogP contribution in [0.25, 0.3) is 5.57 Å². The molecule has 150 valence electrons. The Labute approximate surface area is 170 Å². The lowest BCUT2D eigenvalue weighted by molar-refractivity contribution is -0.125. The van der Waals surface area contributed by atoms with Crippen molar-refractivity contribution in [3.8, 4) is 0 Å². The van der Waals surface area contributed by atoms with E-state index in [1.54, 1.807) is 4.90 Å². The predicted octanol–water partition coefficient (Wildman–Crippen LogP) is 3.83. The molecule has 6 heteroatoms. The minimum absolute atomic E-state index is 0.0309. The van der Waals surface area contributed by atoms with E-state index in [1.807, 2.05) is 25.1 Å². The Hall–Kier alpha value is -3.15. The van der Waals surface area contributed by atoms with E-state index in [0.29, 0.717) is 24.8 Å². The van der Waals surface area contributed by atoms with Crippen LogP contribution in [0.3, 0.4) is 0 Å². The van der Waals surface area contributed by atoms with Gasteiger partial charge in [0.1, 0.15) is 0 Å². The molecule has 1 aromatic heterocycles. The van der Waals surface area contributed by atoms with Gasteiger partial charge in [0.2, 0.25) is 11.8 Å². The van der Waals surface area contributed by atoms with Crippen molar-refractivity contribution in [3.63, 3.8) is 0 Å². The fourth-order valence-corrected chi connectivity index (χ4v) is 3.64. The number of hydrogen-bond donors (Lipinski definition) is 2. The number of amides is 2. The zero-order valence-electron chi connectivity index (χ0n) is 16.6. The number of anilines is 1. The van der Waals surface area contributed by atoms with Crippen molar-refractivity contribution in [1.29, 1.82) is 0 Å². The van der Waals surface area contributed by atoms with Crippen LogP contribution in [0, 0.1) is 0 Å². The first kappa shape index (κ1) is 19.2. The number of rotatable bonds is 6.